The van der Waals surface area contributed by atoms with Crippen LogP contribution in [-0.4, -0.2) is 29.7 Å². The number of rotatable bonds is 7. The number of carbonyl (C=O) groups excluding carboxylic acids is 1. The van der Waals surface area contributed by atoms with E-state index in [1.165, 1.54) is 39.9 Å². The summed E-state index contributed by atoms with van der Waals surface area (Å²) in [6.45, 7) is 5.88. The highest BCUT2D eigenvalue weighted by atomic mass is 35.5. The van der Waals surface area contributed by atoms with Crippen molar-refractivity contribution in [3.63, 3.8) is 0 Å². The maximum atomic E-state index is 13.3. The van der Waals surface area contributed by atoms with Gasteiger partial charge in [-0.05, 0) is 62.2 Å². The number of aromatic nitrogens is 1. The van der Waals surface area contributed by atoms with Crippen LogP contribution >= 0.6 is 22.9 Å². The minimum Gasteiger partial charge on any atom is -0.298 e. The van der Waals surface area contributed by atoms with Crippen LogP contribution in [0.2, 0.25) is 5.02 Å². The zero-order valence-corrected chi connectivity index (χ0v) is 21.3. The third-order valence-corrected chi connectivity index (χ3v) is 8.87. The smallest absolute Gasteiger partial charge is 0.257 e. The van der Waals surface area contributed by atoms with Gasteiger partial charge < -0.3 is 0 Å². The molecule has 0 atom stereocenters. The van der Waals surface area contributed by atoms with Crippen LogP contribution in [0.15, 0.2) is 71.6 Å². The van der Waals surface area contributed by atoms with E-state index in [1.54, 1.807) is 6.07 Å². The zero-order valence-electron chi connectivity index (χ0n) is 18.9. The van der Waals surface area contributed by atoms with E-state index in [0.717, 1.165) is 21.3 Å². The number of amides is 1. The monoisotopic (exact) mass is 513 g/mol. The lowest BCUT2D eigenvalue weighted by Gasteiger charge is -2.26. The molecular weight excluding hydrogens is 490 g/mol. The standard InChI is InChI=1S/C25H24ClN3O3S2/c1-16(2)29(15-18-7-5-4-6-8-18)34(31,32)20-12-10-19(11-13-20)24(30)28-25-27-22-17(3)9-14-21(26)23(22)33-25/h4-14,16H,15H2,1-3H3,(H,27,28,30). The maximum absolute atomic E-state index is 13.3. The summed E-state index contributed by atoms with van der Waals surface area (Å²) in [4.78, 5) is 17.4. The molecule has 3 aromatic carbocycles. The van der Waals surface area contributed by atoms with E-state index in [0.29, 0.717) is 15.7 Å². The summed E-state index contributed by atoms with van der Waals surface area (Å²) in [6.07, 6.45) is 0. The number of aryl methyl sites for hydroxylation is 1. The molecule has 0 fully saturated rings. The molecule has 1 amide bonds. The minimum absolute atomic E-state index is 0.135. The molecule has 1 aromatic heterocycles. The molecule has 4 rings (SSSR count). The number of halogens is 1. The number of benzene rings is 3. The van der Waals surface area contributed by atoms with Crippen molar-refractivity contribution < 1.29 is 13.2 Å². The van der Waals surface area contributed by atoms with Gasteiger partial charge >= 0.3 is 0 Å². The second-order valence-corrected chi connectivity index (χ2v) is 11.5. The first kappa shape index (κ1) is 24.3. The number of anilines is 1. The van der Waals surface area contributed by atoms with Gasteiger partial charge in [0.05, 0.1) is 20.1 Å². The fraction of sp³-hybridized carbons (Fsp3) is 0.200. The first-order chi connectivity index (χ1) is 16.2. The van der Waals surface area contributed by atoms with Gasteiger partial charge in [0.25, 0.3) is 5.91 Å². The molecule has 6 nitrogen and oxygen atoms in total. The summed E-state index contributed by atoms with van der Waals surface area (Å²) in [5, 5.41) is 3.80. The average molecular weight is 514 g/mol. The summed E-state index contributed by atoms with van der Waals surface area (Å²) in [5.41, 5.74) is 2.96. The summed E-state index contributed by atoms with van der Waals surface area (Å²) in [5.74, 6) is -0.373. The number of nitrogens with one attached hydrogen (secondary N) is 1. The molecule has 0 aliphatic heterocycles. The second kappa shape index (κ2) is 9.84. The van der Waals surface area contributed by atoms with Crippen LogP contribution in [-0.2, 0) is 16.6 Å². The van der Waals surface area contributed by atoms with Gasteiger partial charge in [0.2, 0.25) is 10.0 Å². The molecule has 4 aromatic rings. The fourth-order valence-corrected chi connectivity index (χ4v) is 6.38. The molecule has 1 heterocycles. The Morgan fingerprint density at radius 3 is 2.35 bits per heavy atom. The van der Waals surface area contributed by atoms with E-state index >= 15 is 0 Å². The third-order valence-electron chi connectivity index (χ3n) is 5.40. The van der Waals surface area contributed by atoms with Gasteiger partial charge in [0, 0.05) is 18.2 Å². The highest BCUT2D eigenvalue weighted by molar-refractivity contribution is 7.89. The van der Waals surface area contributed by atoms with Crippen LogP contribution in [0.25, 0.3) is 10.2 Å². The van der Waals surface area contributed by atoms with Gasteiger partial charge in [-0.2, -0.15) is 4.31 Å². The molecular formula is C25H24ClN3O3S2. The minimum atomic E-state index is -3.75. The SMILES string of the molecule is Cc1ccc(Cl)c2sc(NC(=O)c3ccc(S(=O)(=O)N(Cc4ccccc4)C(C)C)cc3)nc12. The Morgan fingerprint density at radius 2 is 1.74 bits per heavy atom. The maximum Gasteiger partial charge on any atom is 0.257 e. The van der Waals surface area contributed by atoms with E-state index < -0.39 is 10.0 Å². The second-order valence-electron chi connectivity index (χ2n) is 8.17. The van der Waals surface area contributed by atoms with Gasteiger partial charge in [-0.25, -0.2) is 13.4 Å². The highest BCUT2D eigenvalue weighted by Crippen LogP contribution is 2.34. The molecule has 0 bridgehead atoms. The zero-order chi connectivity index (χ0) is 24.5. The van der Waals surface area contributed by atoms with Crippen LogP contribution in [0.4, 0.5) is 5.13 Å². The number of nitrogens with zero attached hydrogens (tertiary/aromatic N) is 2. The highest BCUT2D eigenvalue weighted by Gasteiger charge is 2.27. The van der Waals surface area contributed by atoms with Crippen molar-refractivity contribution in [3.8, 4) is 0 Å². The van der Waals surface area contributed by atoms with E-state index in [9.17, 15) is 13.2 Å². The van der Waals surface area contributed by atoms with Crippen LogP contribution in [0.1, 0.15) is 35.3 Å². The number of fused-ring (bicyclic) bond motifs is 1. The lowest BCUT2D eigenvalue weighted by Crippen LogP contribution is -2.36. The summed E-state index contributed by atoms with van der Waals surface area (Å²) in [6, 6.07) is 18.9. The van der Waals surface area contributed by atoms with Gasteiger partial charge in [0.15, 0.2) is 5.13 Å². The van der Waals surface area contributed by atoms with Crippen molar-refractivity contribution >= 4 is 54.2 Å². The van der Waals surface area contributed by atoms with Gasteiger partial charge in [-0.3, -0.25) is 10.1 Å². The molecule has 0 saturated carbocycles. The largest absolute Gasteiger partial charge is 0.298 e. The molecule has 34 heavy (non-hydrogen) atoms. The Balaban J connectivity index is 1.54. The summed E-state index contributed by atoms with van der Waals surface area (Å²) >= 11 is 7.55. The number of hydrogen-bond donors (Lipinski definition) is 1. The van der Waals surface area contributed by atoms with E-state index in [4.69, 9.17) is 11.6 Å². The lowest BCUT2D eigenvalue weighted by molar-refractivity contribution is 0.102. The summed E-state index contributed by atoms with van der Waals surface area (Å²) in [7, 11) is -3.75. The average Bonchev–Trinajstić information content (AvgIpc) is 3.25. The topological polar surface area (TPSA) is 79.4 Å². The van der Waals surface area contributed by atoms with Crippen LogP contribution < -0.4 is 5.32 Å². The van der Waals surface area contributed by atoms with Crippen molar-refractivity contribution in [2.45, 2.75) is 38.3 Å². The number of sulfonamides is 1. The Hall–Kier alpha value is -2.78. The fourth-order valence-electron chi connectivity index (χ4n) is 3.55. The van der Waals surface area contributed by atoms with Crippen molar-refractivity contribution in [3.05, 3.63) is 88.4 Å². The molecule has 0 unspecified atom stereocenters. The summed E-state index contributed by atoms with van der Waals surface area (Å²) < 4.78 is 28.9. The molecule has 9 heteroatoms. The van der Waals surface area contributed by atoms with Gasteiger partial charge in [0.1, 0.15) is 0 Å². The van der Waals surface area contributed by atoms with Crippen molar-refractivity contribution in [1.82, 2.24) is 9.29 Å². The van der Waals surface area contributed by atoms with E-state index in [1.807, 2.05) is 57.2 Å². The molecule has 0 saturated heterocycles. The van der Waals surface area contributed by atoms with Gasteiger partial charge in [-0.1, -0.05) is 59.3 Å². The molecule has 176 valence electrons. The molecule has 0 aliphatic carbocycles. The molecule has 0 radical (unpaired) electrons. The van der Waals surface area contributed by atoms with E-state index in [2.05, 4.69) is 10.3 Å². The Bertz CT molecular complexity index is 1390. The quantitative estimate of drug-likeness (QED) is 0.323. The molecule has 0 aliphatic rings. The van der Waals surface area contributed by atoms with Crippen molar-refractivity contribution in [2.24, 2.45) is 0 Å². The van der Waals surface area contributed by atoms with Crippen molar-refractivity contribution in [1.29, 1.82) is 0 Å². The Morgan fingerprint density at radius 1 is 1.06 bits per heavy atom. The normalized spacial score (nSPS) is 11.9. The van der Waals surface area contributed by atoms with Crippen LogP contribution in [0, 0.1) is 6.92 Å². The van der Waals surface area contributed by atoms with Gasteiger partial charge in [-0.15, -0.1) is 0 Å². The predicted molar refractivity (Wildman–Crippen MR) is 138 cm³/mol. The predicted octanol–water partition coefficient (Wildman–Crippen LogP) is 6.11. The number of carbonyl (C=O) groups is 1. The molecule has 1 N–H and O–H groups in total. The Labute approximate surface area is 208 Å². The van der Waals surface area contributed by atoms with E-state index in [-0.39, 0.29) is 23.4 Å². The number of thiazole rings is 1. The third kappa shape index (κ3) is 5.00. The molecule has 0 spiro atoms. The Kier molecular flexibility index (Phi) is 7.04. The number of hydrogen-bond acceptors (Lipinski definition) is 5. The van der Waals surface area contributed by atoms with Crippen LogP contribution in [0.3, 0.4) is 0 Å². The van der Waals surface area contributed by atoms with Crippen molar-refractivity contribution in [2.75, 3.05) is 5.32 Å². The van der Waals surface area contributed by atoms with Crippen LogP contribution in [0.5, 0.6) is 0 Å². The lowest BCUT2D eigenvalue weighted by atomic mass is 10.2. The first-order valence-electron chi connectivity index (χ1n) is 10.7. The first-order valence-corrected chi connectivity index (χ1v) is 13.3.